The Morgan fingerprint density at radius 3 is 2.61 bits per heavy atom. The third-order valence-electron chi connectivity index (χ3n) is 2.70. The molecular weight excluding hydrogens is 228 g/mol. The molecule has 0 aliphatic rings. The number of anilines is 2. The fourth-order valence-corrected chi connectivity index (χ4v) is 1.69. The third-order valence-corrected chi connectivity index (χ3v) is 2.70. The molecule has 0 spiro atoms. The van der Waals surface area contributed by atoms with Crippen LogP contribution in [-0.2, 0) is 0 Å². The monoisotopic (exact) mass is 244 g/mol. The van der Waals surface area contributed by atoms with Gasteiger partial charge in [-0.25, -0.2) is 0 Å². The molecule has 0 unspecified atom stereocenters. The quantitative estimate of drug-likeness (QED) is 0.869. The van der Waals surface area contributed by atoms with Crippen LogP contribution < -0.4 is 10.9 Å². The first kappa shape index (κ1) is 12.3. The molecule has 94 valence electrons. The van der Waals surface area contributed by atoms with Gasteiger partial charge in [-0.05, 0) is 24.5 Å². The summed E-state index contributed by atoms with van der Waals surface area (Å²) in [5, 5.41) is 10.8. The van der Waals surface area contributed by atoms with Crippen molar-refractivity contribution in [2.24, 2.45) is 0 Å². The van der Waals surface area contributed by atoms with Gasteiger partial charge in [0.05, 0.1) is 0 Å². The van der Waals surface area contributed by atoms with Crippen LogP contribution in [0, 0.1) is 6.92 Å². The van der Waals surface area contributed by atoms with Crippen molar-refractivity contribution in [3.8, 4) is 0 Å². The van der Waals surface area contributed by atoms with Crippen molar-refractivity contribution in [1.82, 2.24) is 15.2 Å². The molecule has 2 aromatic rings. The molecule has 5 heteroatoms. The molecule has 0 saturated heterocycles. The lowest BCUT2D eigenvalue weighted by Crippen LogP contribution is -2.16. The predicted octanol–water partition coefficient (Wildman–Crippen LogP) is 2.34. The maximum Gasteiger partial charge on any atom is 0.273 e. The highest BCUT2D eigenvalue weighted by Gasteiger charge is 2.07. The number of rotatable bonds is 3. The van der Waals surface area contributed by atoms with Gasteiger partial charge in [0.15, 0.2) is 0 Å². The van der Waals surface area contributed by atoms with Crippen molar-refractivity contribution in [2.75, 3.05) is 5.32 Å². The van der Waals surface area contributed by atoms with E-state index in [1.807, 2.05) is 24.3 Å². The van der Waals surface area contributed by atoms with Crippen LogP contribution in [0.5, 0.6) is 0 Å². The number of hydrogen-bond acceptors (Lipinski definition) is 4. The highest BCUT2D eigenvalue weighted by molar-refractivity contribution is 5.59. The number of aromatic amines is 1. The third kappa shape index (κ3) is 2.56. The van der Waals surface area contributed by atoms with Gasteiger partial charge in [-0.1, -0.05) is 32.0 Å². The molecule has 5 nitrogen and oxygen atoms in total. The molecule has 0 radical (unpaired) electrons. The normalized spacial score (nSPS) is 10.7. The Bertz CT molecular complexity index is 604. The Morgan fingerprint density at radius 1 is 1.22 bits per heavy atom. The molecule has 0 aliphatic carbocycles. The average molecular weight is 244 g/mol. The van der Waals surface area contributed by atoms with Crippen molar-refractivity contribution < 1.29 is 0 Å². The molecule has 1 aromatic heterocycles. The molecule has 0 atom stereocenters. The van der Waals surface area contributed by atoms with Crippen LogP contribution in [0.15, 0.2) is 29.1 Å². The number of benzene rings is 1. The lowest BCUT2D eigenvalue weighted by molar-refractivity contribution is 0.864. The second-order valence-electron chi connectivity index (χ2n) is 4.46. The summed E-state index contributed by atoms with van der Waals surface area (Å²) < 4.78 is 0. The fraction of sp³-hybridized carbons (Fsp3) is 0.308. The van der Waals surface area contributed by atoms with Gasteiger partial charge in [0.2, 0.25) is 5.95 Å². The van der Waals surface area contributed by atoms with Crippen molar-refractivity contribution >= 4 is 11.6 Å². The zero-order valence-electron chi connectivity index (χ0n) is 10.7. The van der Waals surface area contributed by atoms with Crippen LogP contribution in [0.1, 0.15) is 31.0 Å². The summed E-state index contributed by atoms with van der Waals surface area (Å²) in [5.74, 6) is 0.748. The summed E-state index contributed by atoms with van der Waals surface area (Å²) in [6.45, 7) is 5.85. The van der Waals surface area contributed by atoms with Crippen LogP contribution in [0.25, 0.3) is 0 Å². The smallest absolute Gasteiger partial charge is 0.273 e. The average Bonchev–Trinajstić information content (AvgIpc) is 2.34. The Hall–Kier alpha value is -2.17. The van der Waals surface area contributed by atoms with Crippen LogP contribution >= 0.6 is 0 Å². The van der Waals surface area contributed by atoms with E-state index >= 15 is 0 Å². The highest BCUT2D eigenvalue weighted by atomic mass is 16.1. The van der Waals surface area contributed by atoms with E-state index in [4.69, 9.17) is 0 Å². The van der Waals surface area contributed by atoms with E-state index in [2.05, 4.69) is 34.3 Å². The first-order valence-electron chi connectivity index (χ1n) is 5.87. The molecule has 1 heterocycles. The van der Waals surface area contributed by atoms with Gasteiger partial charge in [-0.15, -0.1) is 10.2 Å². The van der Waals surface area contributed by atoms with Crippen LogP contribution in [0.3, 0.4) is 0 Å². The number of nitrogens with one attached hydrogen (secondary N) is 2. The second kappa shape index (κ2) is 5.00. The zero-order valence-corrected chi connectivity index (χ0v) is 10.7. The van der Waals surface area contributed by atoms with E-state index in [9.17, 15) is 4.79 Å². The Labute approximate surface area is 105 Å². The molecule has 2 N–H and O–H groups in total. The van der Waals surface area contributed by atoms with Crippen LogP contribution in [0.2, 0.25) is 0 Å². The van der Waals surface area contributed by atoms with E-state index in [0.717, 1.165) is 5.69 Å². The first-order valence-corrected chi connectivity index (χ1v) is 5.87. The number of H-pyrrole nitrogens is 1. The van der Waals surface area contributed by atoms with Gasteiger partial charge in [-0.3, -0.25) is 9.78 Å². The van der Waals surface area contributed by atoms with Crippen LogP contribution in [-0.4, -0.2) is 15.2 Å². The molecule has 0 bridgehead atoms. The predicted molar refractivity (Wildman–Crippen MR) is 71.2 cm³/mol. The largest absolute Gasteiger partial charge is 0.324 e. The van der Waals surface area contributed by atoms with E-state index < -0.39 is 0 Å². The Balaban J connectivity index is 2.34. The number of aromatic nitrogens is 3. The molecule has 0 saturated carbocycles. The van der Waals surface area contributed by atoms with Crippen LogP contribution in [0.4, 0.5) is 11.6 Å². The molecule has 18 heavy (non-hydrogen) atoms. The number of nitrogens with zero attached hydrogens (tertiary/aromatic N) is 2. The maximum absolute atomic E-state index is 11.5. The minimum Gasteiger partial charge on any atom is -0.324 e. The summed E-state index contributed by atoms with van der Waals surface area (Å²) in [4.78, 5) is 14.1. The van der Waals surface area contributed by atoms with E-state index in [0.29, 0.717) is 17.6 Å². The minimum absolute atomic E-state index is 0.227. The van der Waals surface area contributed by atoms with Crippen molar-refractivity contribution in [3.05, 3.63) is 45.9 Å². The van der Waals surface area contributed by atoms with Gasteiger partial charge in [0, 0.05) is 5.69 Å². The Kier molecular flexibility index (Phi) is 3.41. The van der Waals surface area contributed by atoms with E-state index in [1.165, 1.54) is 5.56 Å². The SMILES string of the molecule is Cc1nnc(Nc2ccccc2C(C)C)[nH]c1=O. The maximum atomic E-state index is 11.5. The van der Waals surface area contributed by atoms with E-state index in [-0.39, 0.29) is 5.56 Å². The molecule has 2 rings (SSSR count). The summed E-state index contributed by atoms with van der Waals surface area (Å²) >= 11 is 0. The van der Waals surface area contributed by atoms with Gasteiger partial charge in [-0.2, -0.15) is 0 Å². The van der Waals surface area contributed by atoms with Gasteiger partial charge < -0.3 is 5.32 Å². The zero-order chi connectivity index (χ0) is 13.1. The van der Waals surface area contributed by atoms with Crippen molar-refractivity contribution in [2.45, 2.75) is 26.7 Å². The lowest BCUT2D eigenvalue weighted by atomic mass is 10.0. The molecule has 0 amide bonds. The summed E-state index contributed by atoms with van der Waals surface area (Å²) in [5.41, 5.74) is 2.23. The summed E-state index contributed by atoms with van der Waals surface area (Å²) in [7, 11) is 0. The minimum atomic E-state index is -0.227. The standard InChI is InChI=1S/C13H16N4O/c1-8(2)10-6-4-5-7-11(10)14-13-15-12(18)9(3)16-17-13/h4-8H,1-3H3,(H2,14,15,17,18). The highest BCUT2D eigenvalue weighted by Crippen LogP contribution is 2.25. The van der Waals surface area contributed by atoms with E-state index in [1.54, 1.807) is 6.92 Å². The number of aryl methyl sites for hydroxylation is 1. The van der Waals surface area contributed by atoms with Gasteiger partial charge >= 0.3 is 0 Å². The number of para-hydroxylation sites is 1. The molecule has 0 aliphatic heterocycles. The summed E-state index contributed by atoms with van der Waals surface area (Å²) in [6.07, 6.45) is 0. The van der Waals surface area contributed by atoms with Crippen molar-refractivity contribution in [1.29, 1.82) is 0 Å². The van der Waals surface area contributed by atoms with Gasteiger partial charge in [0.1, 0.15) is 5.69 Å². The van der Waals surface area contributed by atoms with Crippen molar-refractivity contribution in [3.63, 3.8) is 0 Å². The number of hydrogen-bond donors (Lipinski definition) is 2. The molecule has 1 aromatic carbocycles. The fourth-order valence-electron chi connectivity index (χ4n) is 1.69. The molecule has 0 fully saturated rings. The van der Waals surface area contributed by atoms with Gasteiger partial charge in [0.25, 0.3) is 5.56 Å². The summed E-state index contributed by atoms with van der Waals surface area (Å²) in [6, 6.07) is 7.93. The Morgan fingerprint density at radius 2 is 1.94 bits per heavy atom. The molecular formula is C13H16N4O. The first-order chi connectivity index (χ1) is 8.58. The lowest BCUT2D eigenvalue weighted by Gasteiger charge is -2.13. The second-order valence-corrected chi connectivity index (χ2v) is 4.46. The topological polar surface area (TPSA) is 70.7 Å².